The van der Waals surface area contributed by atoms with E-state index in [-0.39, 0.29) is 30.4 Å². The van der Waals surface area contributed by atoms with Crippen molar-refractivity contribution in [2.75, 3.05) is 33.4 Å². The summed E-state index contributed by atoms with van der Waals surface area (Å²) in [6.45, 7) is 7.56. The van der Waals surface area contributed by atoms with E-state index in [1.165, 1.54) is 0 Å². The Labute approximate surface area is 204 Å². The molecular weight excluding hydrogens is 440 g/mol. The molecule has 0 radical (unpaired) electrons. The maximum Gasteiger partial charge on any atom is 0.254 e. The van der Waals surface area contributed by atoms with Gasteiger partial charge in [0, 0.05) is 44.3 Å². The van der Waals surface area contributed by atoms with Gasteiger partial charge in [-0.1, -0.05) is 30.3 Å². The predicted molar refractivity (Wildman–Crippen MR) is 134 cm³/mol. The van der Waals surface area contributed by atoms with Crippen LogP contribution in [0.15, 0.2) is 48.5 Å². The average Bonchev–Trinajstić information content (AvgIpc) is 2.82. The molecule has 1 heterocycles. The Hall–Kier alpha value is -2.28. The number of hydrogen-bond donors (Lipinski definition) is 1. The second-order valence-corrected chi connectivity index (χ2v) is 8.44. The minimum absolute atomic E-state index is 0. The number of carbonyl (C=O) groups excluding carboxylic acids is 1. The summed E-state index contributed by atoms with van der Waals surface area (Å²) in [6, 6.07) is 15.8. The number of nitrogens with zero attached hydrogens (tertiary/aromatic N) is 1. The van der Waals surface area contributed by atoms with Crippen molar-refractivity contribution in [2.45, 2.75) is 51.8 Å². The Morgan fingerprint density at radius 2 is 1.88 bits per heavy atom. The minimum atomic E-state index is 0. The summed E-state index contributed by atoms with van der Waals surface area (Å²) in [4.78, 5) is 15.5. The van der Waals surface area contributed by atoms with Crippen molar-refractivity contribution in [2.24, 2.45) is 0 Å². The van der Waals surface area contributed by atoms with E-state index in [1.807, 2.05) is 53.4 Å². The lowest BCUT2D eigenvalue weighted by Gasteiger charge is -2.37. The molecule has 33 heavy (non-hydrogen) atoms. The molecule has 1 N–H and O–H groups in total. The van der Waals surface area contributed by atoms with Crippen molar-refractivity contribution >= 4 is 18.3 Å². The van der Waals surface area contributed by atoms with Crippen LogP contribution in [0.4, 0.5) is 0 Å². The van der Waals surface area contributed by atoms with Gasteiger partial charge in [0.15, 0.2) is 11.5 Å². The Balaban J connectivity index is 0.00000385. The molecule has 0 aliphatic carbocycles. The second-order valence-electron chi connectivity index (χ2n) is 8.44. The van der Waals surface area contributed by atoms with Gasteiger partial charge >= 0.3 is 0 Å². The summed E-state index contributed by atoms with van der Waals surface area (Å²) >= 11 is 0. The Morgan fingerprint density at radius 1 is 1.09 bits per heavy atom. The lowest BCUT2D eigenvalue weighted by Crippen LogP contribution is -2.51. The highest BCUT2D eigenvalue weighted by Gasteiger charge is 2.29. The minimum Gasteiger partial charge on any atom is -0.490 e. The molecule has 0 bridgehead atoms. The molecule has 3 rings (SSSR count). The van der Waals surface area contributed by atoms with Gasteiger partial charge in [-0.2, -0.15) is 0 Å². The molecule has 0 aromatic heterocycles. The van der Waals surface area contributed by atoms with Crippen molar-refractivity contribution in [3.05, 3.63) is 59.7 Å². The van der Waals surface area contributed by atoms with Crippen LogP contribution in [0.2, 0.25) is 0 Å². The van der Waals surface area contributed by atoms with Crippen molar-refractivity contribution in [1.82, 2.24) is 10.2 Å². The first-order valence-electron chi connectivity index (χ1n) is 11.6. The molecule has 6 nitrogen and oxygen atoms in total. The van der Waals surface area contributed by atoms with E-state index in [2.05, 4.69) is 19.2 Å². The van der Waals surface area contributed by atoms with E-state index in [9.17, 15) is 4.79 Å². The molecule has 182 valence electrons. The van der Waals surface area contributed by atoms with Crippen LogP contribution < -0.4 is 14.8 Å². The fraction of sp³-hybridized carbons (Fsp3) is 0.500. The van der Waals surface area contributed by atoms with Gasteiger partial charge in [0.25, 0.3) is 5.91 Å². The number of halogens is 1. The maximum atomic E-state index is 13.5. The highest BCUT2D eigenvalue weighted by molar-refractivity contribution is 5.95. The normalized spacial score (nSPS) is 15.6. The number of benzene rings is 2. The van der Waals surface area contributed by atoms with Gasteiger partial charge in [-0.15, -0.1) is 12.4 Å². The van der Waals surface area contributed by atoms with Crippen LogP contribution in [0.5, 0.6) is 11.5 Å². The number of piperidine rings is 1. The first kappa shape index (κ1) is 27.0. The zero-order valence-corrected chi connectivity index (χ0v) is 20.7. The van der Waals surface area contributed by atoms with E-state index in [0.717, 1.165) is 37.9 Å². The standard InChI is InChI=1S/C26H36N2O4.ClH/c1-20(2)28(23-11-7-14-27-18-23)26(29)22-12-13-24(25(17-22)31-16-8-15-30-3)32-19-21-9-5-4-6-10-21;/h4-6,9-10,12-13,17,20,23,27H,7-8,11,14-16,18-19H2,1-3H3;1H/t23-;/m1./s1. The summed E-state index contributed by atoms with van der Waals surface area (Å²) < 4.78 is 17.2. The lowest BCUT2D eigenvalue weighted by molar-refractivity contribution is 0.0573. The van der Waals surface area contributed by atoms with Crippen LogP contribution in [-0.2, 0) is 11.3 Å². The van der Waals surface area contributed by atoms with Crippen molar-refractivity contribution < 1.29 is 19.0 Å². The highest BCUT2D eigenvalue weighted by Crippen LogP contribution is 2.31. The smallest absolute Gasteiger partial charge is 0.254 e. The molecule has 1 amide bonds. The van der Waals surface area contributed by atoms with Gasteiger partial charge in [-0.3, -0.25) is 4.79 Å². The van der Waals surface area contributed by atoms with Gasteiger partial charge in [0.2, 0.25) is 0 Å². The monoisotopic (exact) mass is 476 g/mol. The van der Waals surface area contributed by atoms with Crippen LogP contribution in [0.25, 0.3) is 0 Å². The summed E-state index contributed by atoms with van der Waals surface area (Å²) in [5.74, 6) is 1.26. The topological polar surface area (TPSA) is 60.0 Å². The third-order valence-electron chi connectivity index (χ3n) is 5.63. The molecule has 0 saturated carbocycles. The summed E-state index contributed by atoms with van der Waals surface area (Å²) in [7, 11) is 1.67. The Kier molecular flexibility index (Phi) is 11.5. The molecule has 2 aromatic rings. The van der Waals surface area contributed by atoms with Crippen LogP contribution in [0.1, 0.15) is 49.0 Å². The van der Waals surface area contributed by atoms with E-state index >= 15 is 0 Å². The third-order valence-corrected chi connectivity index (χ3v) is 5.63. The molecule has 7 heteroatoms. The Bertz CT molecular complexity index is 841. The van der Waals surface area contributed by atoms with E-state index < -0.39 is 0 Å². The fourth-order valence-corrected chi connectivity index (χ4v) is 4.04. The SMILES string of the molecule is COCCCOc1cc(C(=O)N(C(C)C)[C@@H]2CCCNC2)ccc1OCc1ccccc1.Cl. The Morgan fingerprint density at radius 3 is 2.55 bits per heavy atom. The van der Waals surface area contributed by atoms with Crippen LogP contribution >= 0.6 is 12.4 Å². The highest BCUT2D eigenvalue weighted by atomic mass is 35.5. The van der Waals surface area contributed by atoms with Gasteiger partial charge in [-0.05, 0) is 57.0 Å². The third kappa shape index (κ3) is 7.91. The summed E-state index contributed by atoms with van der Waals surface area (Å²) in [5, 5.41) is 3.42. The summed E-state index contributed by atoms with van der Waals surface area (Å²) in [5.41, 5.74) is 1.70. The first-order chi connectivity index (χ1) is 15.6. The van der Waals surface area contributed by atoms with E-state index in [4.69, 9.17) is 14.2 Å². The van der Waals surface area contributed by atoms with Crippen LogP contribution in [-0.4, -0.2) is 56.3 Å². The largest absolute Gasteiger partial charge is 0.490 e. The molecule has 1 aliphatic rings. The molecule has 1 saturated heterocycles. The van der Waals surface area contributed by atoms with Gasteiger partial charge in [0.1, 0.15) is 6.61 Å². The molecule has 0 unspecified atom stereocenters. The fourth-order valence-electron chi connectivity index (χ4n) is 4.04. The number of nitrogens with one attached hydrogen (secondary N) is 1. The molecule has 2 aromatic carbocycles. The zero-order chi connectivity index (χ0) is 22.8. The lowest BCUT2D eigenvalue weighted by atomic mass is 10.0. The van der Waals surface area contributed by atoms with Crippen LogP contribution in [0.3, 0.4) is 0 Å². The first-order valence-corrected chi connectivity index (χ1v) is 11.6. The van der Waals surface area contributed by atoms with E-state index in [0.29, 0.717) is 36.9 Å². The quantitative estimate of drug-likeness (QED) is 0.476. The second kappa shape index (κ2) is 14.1. The van der Waals surface area contributed by atoms with Gasteiger partial charge < -0.3 is 24.4 Å². The molecular formula is C26H37ClN2O4. The number of ether oxygens (including phenoxy) is 3. The number of hydrogen-bond acceptors (Lipinski definition) is 5. The zero-order valence-electron chi connectivity index (χ0n) is 19.9. The predicted octanol–water partition coefficient (Wildman–Crippen LogP) is 4.71. The molecule has 1 aliphatic heterocycles. The van der Waals surface area contributed by atoms with Crippen LogP contribution in [0, 0.1) is 0 Å². The summed E-state index contributed by atoms with van der Waals surface area (Å²) in [6.07, 6.45) is 2.87. The molecule has 1 atom stereocenters. The number of carbonyl (C=O) groups is 1. The maximum absolute atomic E-state index is 13.5. The van der Waals surface area contributed by atoms with Gasteiger partial charge in [0.05, 0.1) is 6.61 Å². The van der Waals surface area contributed by atoms with Crippen molar-refractivity contribution in [3.63, 3.8) is 0 Å². The number of rotatable bonds is 11. The average molecular weight is 477 g/mol. The number of amides is 1. The van der Waals surface area contributed by atoms with Crippen molar-refractivity contribution in [3.8, 4) is 11.5 Å². The van der Waals surface area contributed by atoms with Crippen molar-refractivity contribution in [1.29, 1.82) is 0 Å². The van der Waals surface area contributed by atoms with E-state index in [1.54, 1.807) is 7.11 Å². The molecule has 1 fully saturated rings. The number of methoxy groups -OCH3 is 1. The van der Waals surface area contributed by atoms with Gasteiger partial charge in [-0.25, -0.2) is 0 Å². The molecule has 0 spiro atoms.